The summed E-state index contributed by atoms with van der Waals surface area (Å²) in [5.41, 5.74) is 1.27. The van der Waals surface area contributed by atoms with E-state index in [0.717, 1.165) is 52.1 Å². The lowest BCUT2D eigenvalue weighted by atomic mass is 9.77. The summed E-state index contributed by atoms with van der Waals surface area (Å²) in [6.45, 7) is 10.8. The van der Waals surface area contributed by atoms with Crippen LogP contribution in [0.1, 0.15) is 26.2 Å². The van der Waals surface area contributed by atoms with Crippen LogP contribution in [0, 0.1) is 23.7 Å². The molecule has 0 N–H and O–H groups in total. The van der Waals surface area contributed by atoms with Gasteiger partial charge >= 0.3 is 5.97 Å². The van der Waals surface area contributed by atoms with Crippen molar-refractivity contribution >= 4 is 5.97 Å². The zero-order chi connectivity index (χ0) is 16.5. The lowest BCUT2D eigenvalue weighted by molar-refractivity contribution is -0.148. The second kappa shape index (κ2) is 5.29. The van der Waals surface area contributed by atoms with Gasteiger partial charge in [-0.15, -0.1) is 0 Å². The lowest BCUT2D eigenvalue weighted by Crippen LogP contribution is -2.43. The van der Waals surface area contributed by atoms with Gasteiger partial charge in [0, 0.05) is 31.5 Å². The van der Waals surface area contributed by atoms with Gasteiger partial charge in [-0.3, -0.25) is 9.69 Å². The molecule has 2 saturated carbocycles. The van der Waals surface area contributed by atoms with Crippen molar-refractivity contribution in [2.45, 2.75) is 44.0 Å². The smallest absolute Gasteiger partial charge is 0.310 e. The van der Waals surface area contributed by atoms with Crippen LogP contribution in [0.15, 0.2) is 12.2 Å². The molecule has 0 radical (unpaired) electrons. The zero-order valence-corrected chi connectivity index (χ0v) is 14.4. The number of carbonyl (C=O) groups excluding carboxylic acids is 1. The van der Waals surface area contributed by atoms with Crippen molar-refractivity contribution in [3.05, 3.63) is 12.2 Å². The summed E-state index contributed by atoms with van der Waals surface area (Å²) in [6, 6.07) is 0. The number of fused-ring (bicyclic) bond motifs is 5. The van der Waals surface area contributed by atoms with E-state index in [4.69, 9.17) is 14.2 Å². The van der Waals surface area contributed by atoms with Crippen LogP contribution >= 0.6 is 0 Å². The van der Waals surface area contributed by atoms with E-state index in [2.05, 4.69) is 18.4 Å². The number of epoxide rings is 1. The highest BCUT2D eigenvalue weighted by Crippen LogP contribution is 2.63. The molecule has 24 heavy (non-hydrogen) atoms. The van der Waals surface area contributed by atoms with Crippen LogP contribution in [-0.2, 0) is 19.0 Å². The number of morpholine rings is 1. The molecule has 0 aromatic carbocycles. The minimum absolute atomic E-state index is 0.000972. The second-order valence-electron chi connectivity index (χ2n) is 8.44. The second-order valence-corrected chi connectivity index (χ2v) is 8.44. The van der Waals surface area contributed by atoms with E-state index in [1.165, 1.54) is 5.57 Å². The Balaban J connectivity index is 1.40. The molecule has 5 nitrogen and oxygen atoms in total. The predicted molar refractivity (Wildman–Crippen MR) is 87.4 cm³/mol. The lowest BCUT2D eigenvalue weighted by Gasteiger charge is -2.32. The minimum atomic E-state index is -0.0883. The molecule has 3 heterocycles. The van der Waals surface area contributed by atoms with Gasteiger partial charge in [0.2, 0.25) is 0 Å². The number of rotatable bonds is 2. The quantitative estimate of drug-likeness (QED) is 0.437. The Morgan fingerprint density at radius 2 is 2.12 bits per heavy atom. The molecular weight excluding hydrogens is 306 g/mol. The normalized spacial score (nSPS) is 50.7. The maximum Gasteiger partial charge on any atom is 0.310 e. The maximum absolute atomic E-state index is 12.7. The Kier molecular flexibility index (Phi) is 3.39. The van der Waals surface area contributed by atoms with E-state index in [9.17, 15) is 4.79 Å². The minimum Gasteiger partial charge on any atom is -0.461 e. The highest BCUT2D eigenvalue weighted by molar-refractivity contribution is 5.75. The molecule has 2 aliphatic carbocycles. The van der Waals surface area contributed by atoms with Crippen LogP contribution in [0.3, 0.4) is 0 Å². The van der Waals surface area contributed by atoms with E-state index >= 15 is 0 Å². The van der Waals surface area contributed by atoms with Crippen LogP contribution in [0.5, 0.6) is 0 Å². The molecule has 0 amide bonds. The first-order chi connectivity index (χ1) is 11.6. The van der Waals surface area contributed by atoms with Crippen LogP contribution in [-0.4, -0.2) is 61.5 Å². The average Bonchev–Trinajstić information content (AvgIpc) is 3.05. The molecule has 0 aromatic heterocycles. The van der Waals surface area contributed by atoms with E-state index in [1.807, 2.05) is 0 Å². The molecule has 3 saturated heterocycles. The van der Waals surface area contributed by atoms with Crippen molar-refractivity contribution in [2.75, 3.05) is 32.8 Å². The molecule has 3 aliphatic heterocycles. The highest BCUT2D eigenvalue weighted by atomic mass is 16.6. The summed E-state index contributed by atoms with van der Waals surface area (Å²) in [5.74, 6) is 1.10. The molecule has 0 unspecified atom stereocenters. The van der Waals surface area contributed by atoms with Crippen molar-refractivity contribution in [3.63, 3.8) is 0 Å². The Labute approximate surface area is 143 Å². The molecular formula is C19H27NO4. The topological polar surface area (TPSA) is 51.3 Å². The van der Waals surface area contributed by atoms with Crippen LogP contribution in [0.2, 0.25) is 0 Å². The molecule has 0 aromatic rings. The zero-order valence-electron chi connectivity index (χ0n) is 14.4. The number of carbonyl (C=O) groups is 1. The molecule has 5 aliphatic rings. The Hall–Kier alpha value is -0.910. The van der Waals surface area contributed by atoms with Gasteiger partial charge in [-0.1, -0.05) is 12.2 Å². The summed E-state index contributed by atoms with van der Waals surface area (Å²) in [7, 11) is 0. The molecule has 7 atom stereocenters. The van der Waals surface area contributed by atoms with Gasteiger partial charge < -0.3 is 14.2 Å². The van der Waals surface area contributed by atoms with Gasteiger partial charge in [-0.2, -0.15) is 0 Å². The van der Waals surface area contributed by atoms with Gasteiger partial charge in [0.05, 0.1) is 30.8 Å². The summed E-state index contributed by atoms with van der Waals surface area (Å²) < 4.78 is 17.4. The molecule has 5 rings (SSSR count). The van der Waals surface area contributed by atoms with Crippen molar-refractivity contribution in [1.29, 1.82) is 0 Å². The summed E-state index contributed by atoms with van der Waals surface area (Å²) in [6.07, 6.45) is 3.49. The molecule has 0 spiro atoms. The first-order valence-electron chi connectivity index (χ1n) is 9.44. The Bertz CT molecular complexity index is 572. The van der Waals surface area contributed by atoms with E-state index < -0.39 is 0 Å². The van der Waals surface area contributed by atoms with Crippen molar-refractivity contribution in [1.82, 2.24) is 4.90 Å². The monoisotopic (exact) mass is 333 g/mol. The fourth-order valence-electron chi connectivity index (χ4n) is 5.83. The van der Waals surface area contributed by atoms with E-state index in [1.54, 1.807) is 0 Å². The number of allylic oxidation sites excluding steroid dienone is 1. The third-order valence-corrected chi connectivity index (χ3v) is 7.27. The van der Waals surface area contributed by atoms with Gasteiger partial charge in [0.15, 0.2) is 0 Å². The molecule has 5 heteroatoms. The SMILES string of the molecule is C=C1CC[C@@H]2[C@H](OC(=O)[C@@H]2CN2CCOCC2)[C@H]2[C@@H]1C[C@@H]1O[C@]21C. The van der Waals surface area contributed by atoms with Gasteiger partial charge in [-0.05, 0) is 32.1 Å². The number of esters is 1. The van der Waals surface area contributed by atoms with Crippen molar-refractivity contribution in [3.8, 4) is 0 Å². The maximum atomic E-state index is 12.7. The number of hydrogen-bond donors (Lipinski definition) is 0. The third-order valence-electron chi connectivity index (χ3n) is 7.27. The largest absolute Gasteiger partial charge is 0.461 e. The molecule has 5 fully saturated rings. The van der Waals surface area contributed by atoms with Crippen LogP contribution in [0.4, 0.5) is 0 Å². The van der Waals surface area contributed by atoms with Gasteiger partial charge in [0.25, 0.3) is 0 Å². The molecule has 132 valence electrons. The number of ether oxygens (including phenoxy) is 3. The summed E-state index contributed by atoms with van der Waals surface area (Å²) in [4.78, 5) is 15.0. The first-order valence-corrected chi connectivity index (χ1v) is 9.44. The summed E-state index contributed by atoms with van der Waals surface area (Å²) >= 11 is 0. The van der Waals surface area contributed by atoms with Gasteiger partial charge in [0.1, 0.15) is 6.10 Å². The van der Waals surface area contributed by atoms with E-state index in [-0.39, 0.29) is 23.6 Å². The number of hydrogen-bond acceptors (Lipinski definition) is 5. The Morgan fingerprint density at radius 1 is 1.33 bits per heavy atom. The first kappa shape index (κ1) is 15.4. The van der Waals surface area contributed by atoms with Crippen molar-refractivity contribution in [2.24, 2.45) is 23.7 Å². The molecule has 0 bridgehead atoms. The highest BCUT2D eigenvalue weighted by Gasteiger charge is 2.71. The fraction of sp³-hybridized carbons (Fsp3) is 0.842. The van der Waals surface area contributed by atoms with E-state index in [0.29, 0.717) is 23.9 Å². The van der Waals surface area contributed by atoms with Crippen LogP contribution < -0.4 is 0 Å². The van der Waals surface area contributed by atoms with Crippen LogP contribution in [0.25, 0.3) is 0 Å². The average molecular weight is 333 g/mol. The third kappa shape index (κ3) is 2.14. The Morgan fingerprint density at radius 3 is 2.92 bits per heavy atom. The van der Waals surface area contributed by atoms with Gasteiger partial charge in [-0.25, -0.2) is 0 Å². The standard InChI is InChI=1S/C19H27NO4/c1-11-3-4-12-14(10-20-5-7-22-8-6-20)18(21)23-17(12)16-13(11)9-15-19(16,2)24-15/h12-17H,1,3-10H2,2H3/t12-,13+,14+,15-,16+,17-,19-/m0/s1. The number of nitrogens with zero attached hydrogens (tertiary/aromatic N) is 1. The van der Waals surface area contributed by atoms with Crippen molar-refractivity contribution < 1.29 is 19.0 Å². The summed E-state index contributed by atoms with van der Waals surface area (Å²) in [5, 5.41) is 0. The fourth-order valence-corrected chi connectivity index (χ4v) is 5.83. The predicted octanol–water partition coefficient (Wildman–Crippen LogP) is 1.62.